The molecule has 0 aliphatic carbocycles. The number of aromatic nitrogens is 2. The van der Waals surface area contributed by atoms with Gasteiger partial charge in [-0.1, -0.05) is 13.8 Å². The molecule has 20 heavy (non-hydrogen) atoms. The monoisotopic (exact) mass is 305 g/mol. The van der Waals surface area contributed by atoms with Crippen LogP contribution < -0.4 is 4.72 Å². The van der Waals surface area contributed by atoms with Crippen LogP contribution in [0.3, 0.4) is 0 Å². The van der Waals surface area contributed by atoms with E-state index in [1.807, 2.05) is 13.8 Å². The minimum Gasteiger partial charge on any atom is -0.396 e. The first-order valence-corrected chi connectivity index (χ1v) is 8.03. The molecule has 1 atom stereocenters. The molecule has 0 aromatic carbocycles. The number of aliphatic hydroxyl groups excluding tert-OH is 1. The molecule has 0 saturated carbocycles. The van der Waals surface area contributed by atoms with Gasteiger partial charge in [-0.05, 0) is 12.3 Å². The summed E-state index contributed by atoms with van der Waals surface area (Å²) < 4.78 is 33.6. The molecule has 0 aliphatic rings. The Hall–Kier alpha value is -0.960. The standard InChI is InChI=1S/C12H23N3O4S/c1-10(2)12(9-19-3)14-20(17,18)11-7-13-15(8-11)5-4-6-16/h7-8,10,12,14,16H,4-6,9H2,1-3H3. The average Bonchev–Trinajstić information content (AvgIpc) is 2.85. The maximum Gasteiger partial charge on any atom is 0.244 e. The second-order valence-corrected chi connectivity index (χ2v) is 6.66. The van der Waals surface area contributed by atoms with Gasteiger partial charge in [0.1, 0.15) is 4.90 Å². The fourth-order valence-electron chi connectivity index (χ4n) is 1.65. The van der Waals surface area contributed by atoms with Gasteiger partial charge < -0.3 is 9.84 Å². The van der Waals surface area contributed by atoms with Gasteiger partial charge in [0.15, 0.2) is 0 Å². The summed E-state index contributed by atoms with van der Waals surface area (Å²) >= 11 is 0. The first kappa shape index (κ1) is 17.1. The van der Waals surface area contributed by atoms with Gasteiger partial charge in [-0.3, -0.25) is 4.68 Å². The van der Waals surface area contributed by atoms with Crippen molar-refractivity contribution in [1.82, 2.24) is 14.5 Å². The summed E-state index contributed by atoms with van der Waals surface area (Å²) in [5, 5.41) is 12.7. The molecule has 1 aromatic rings. The highest BCUT2D eigenvalue weighted by molar-refractivity contribution is 7.89. The van der Waals surface area contributed by atoms with Crippen molar-refractivity contribution in [2.75, 3.05) is 20.3 Å². The van der Waals surface area contributed by atoms with E-state index >= 15 is 0 Å². The molecular weight excluding hydrogens is 282 g/mol. The smallest absolute Gasteiger partial charge is 0.244 e. The van der Waals surface area contributed by atoms with Crippen molar-refractivity contribution in [2.45, 2.75) is 37.8 Å². The predicted molar refractivity (Wildman–Crippen MR) is 74.8 cm³/mol. The Labute approximate surface area is 120 Å². The molecule has 0 saturated heterocycles. The molecule has 2 N–H and O–H groups in total. The van der Waals surface area contributed by atoms with Gasteiger partial charge in [0, 0.05) is 32.5 Å². The summed E-state index contributed by atoms with van der Waals surface area (Å²) in [6, 6.07) is -0.286. The lowest BCUT2D eigenvalue weighted by atomic mass is 10.1. The summed E-state index contributed by atoms with van der Waals surface area (Å²) in [6.07, 6.45) is 3.30. The van der Waals surface area contributed by atoms with Crippen LogP contribution in [0.15, 0.2) is 17.3 Å². The number of hydrogen-bond acceptors (Lipinski definition) is 5. The maximum absolute atomic E-state index is 12.2. The Balaban J connectivity index is 2.79. The minimum atomic E-state index is -3.61. The molecular formula is C12H23N3O4S. The molecule has 0 radical (unpaired) electrons. The van der Waals surface area contributed by atoms with Crippen LogP contribution in [0.4, 0.5) is 0 Å². The number of sulfonamides is 1. The van der Waals surface area contributed by atoms with Crippen molar-refractivity contribution in [3.05, 3.63) is 12.4 Å². The normalized spacial score (nSPS) is 13.8. The number of aryl methyl sites for hydroxylation is 1. The fourth-order valence-corrected chi connectivity index (χ4v) is 2.97. The van der Waals surface area contributed by atoms with E-state index in [9.17, 15) is 8.42 Å². The van der Waals surface area contributed by atoms with Crippen molar-refractivity contribution in [1.29, 1.82) is 0 Å². The zero-order valence-electron chi connectivity index (χ0n) is 12.1. The van der Waals surface area contributed by atoms with Crippen molar-refractivity contribution in [3.8, 4) is 0 Å². The average molecular weight is 305 g/mol. The molecule has 8 heteroatoms. The summed E-state index contributed by atoms with van der Waals surface area (Å²) in [5.74, 6) is 0.120. The van der Waals surface area contributed by atoms with Crippen LogP contribution >= 0.6 is 0 Å². The zero-order valence-corrected chi connectivity index (χ0v) is 12.9. The maximum atomic E-state index is 12.2. The van der Waals surface area contributed by atoms with Gasteiger partial charge >= 0.3 is 0 Å². The predicted octanol–water partition coefficient (Wildman–Crippen LogP) is 0.215. The number of aliphatic hydroxyl groups is 1. The summed E-state index contributed by atoms with van der Waals surface area (Å²) in [4.78, 5) is 0.122. The van der Waals surface area contributed by atoms with E-state index < -0.39 is 10.0 Å². The van der Waals surface area contributed by atoms with Gasteiger partial charge in [0.2, 0.25) is 10.0 Å². The van der Waals surface area contributed by atoms with Crippen LogP contribution in [0.5, 0.6) is 0 Å². The van der Waals surface area contributed by atoms with Gasteiger partial charge in [0.05, 0.1) is 12.8 Å². The zero-order chi connectivity index (χ0) is 15.2. The first-order chi connectivity index (χ1) is 9.40. The lowest BCUT2D eigenvalue weighted by Gasteiger charge is -2.20. The Morgan fingerprint density at radius 2 is 2.20 bits per heavy atom. The van der Waals surface area contributed by atoms with E-state index in [1.165, 1.54) is 24.2 Å². The Morgan fingerprint density at radius 1 is 1.50 bits per heavy atom. The highest BCUT2D eigenvalue weighted by Gasteiger charge is 2.23. The van der Waals surface area contributed by atoms with E-state index in [1.54, 1.807) is 0 Å². The third-order valence-electron chi connectivity index (χ3n) is 2.92. The van der Waals surface area contributed by atoms with E-state index in [-0.39, 0.29) is 23.5 Å². The number of nitrogens with zero attached hydrogens (tertiary/aromatic N) is 2. The van der Waals surface area contributed by atoms with Crippen LogP contribution in [0.1, 0.15) is 20.3 Å². The topological polar surface area (TPSA) is 93.5 Å². The van der Waals surface area contributed by atoms with Gasteiger partial charge in [0.25, 0.3) is 0 Å². The van der Waals surface area contributed by atoms with Gasteiger partial charge in [-0.2, -0.15) is 5.10 Å². The fraction of sp³-hybridized carbons (Fsp3) is 0.750. The van der Waals surface area contributed by atoms with Crippen molar-refractivity contribution in [2.24, 2.45) is 5.92 Å². The summed E-state index contributed by atoms with van der Waals surface area (Å²) in [6.45, 7) is 4.70. The van der Waals surface area contributed by atoms with E-state index in [0.29, 0.717) is 19.6 Å². The number of methoxy groups -OCH3 is 1. The van der Waals surface area contributed by atoms with E-state index in [2.05, 4.69) is 9.82 Å². The molecule has 0 amide bonds. The Morgan fingerprint density at radius 3 is 2.75 bits per heavy atom. The Kier molecular flexibility index (Phi) is 6.60. The second kappa shape index (κ2) is 7.72. The van der Waals surface area contributed by atoms with E-state index in [4.69, 9.17) is 9.84 Å². The third-order valence-corrected chi connectivity index (χ3v) is 4.37. The van der Waals surface area contributed by atoms with Crippen LogP contribution in [0.25, 0.3) is 0 Å². The number of ether oxygens (including phenoxy) is 1. The second-order valence-electron chi connectivity index (χ2n) is 4.94. The molecule has 7 nitrogen and oxygen atoms in total. The molecule has 0 spiro atoms. The lowest BCUT2D eigenvalue weighted by Crippen LogP contribution is -2.41. The molecule has 0 bridgehead atoms. The van der Waals surface area contributed by atoms with Crippen molar-refractivity contribution in [3.63, 3.8) is 0 Å². The van der Waals surface area contributed by atoms with Gasteiger partial charge in [-0.15, -0.1) is 0 Å². The van der Waals surface area contributed by atoms with E-state index in [0.717, 1.165) is 0 Å². The van der Waals surface area contributed by atoms with Crippen molar-refractivity contribution < 1.29 is 18.3 Å². The van der Waals surface area contributed by atoms with Crippen LogP contribution in [-0.2, 0) is 21.3 Å². The van der Waals surface area contributed by atoms with Gasteiger partial charge in [-0.25, -0.2) is 13.1 Å². The van der Waals surface area contributed by atoms with Crippen LogP contribution in [0, 0.1) is 5.92 Å². The molecule has 1 unspecified atom stereocenters. The molecule has 0 fully saturated rings. The number of nitrogens with one attached hydrogen (secondary N) is 1. The third kappa shape index (κ3) is 4.86. The minimum absolute atomic E-state index is 0.0451. The summed E-state index contributed by atoms with van der Waals surface area (Å²) in [5.41, 5.74) is 0. The number of hydrogen-bond donors (Lipinski definition) is 2. The van der Waals surface area contributed by atoms with Crippen molar-refractivity contribution >= 4 is 10.0 Å². The SMILES string of the molecule is COCC(NS(=O)(=O)c1cnn(CCCO)c1)C(C)C. The highest BCUT2D eigenvalue weighted by atomic mass is 32.2. The highest BCUT2D eigenvalue weighted by Crippen LogP contribution is 2.11. The summed E-state index contributed by atoms with van der Waals surface area (Å²) in [7, 11) is -2.07. The molecule has 1 rings (SSSR count). The number of rotatable bonds is 9. The van der Waals surface area contributed by atoms with Crippen LogP contribution in [-0.4, -0.2) is 49.7 Å². The first-order valence-electron chi connectivity index (χ1n) is 6.55. The quantitative estimate of drug-likeness (QED) is 0.680. The molecule has 0 aliphatic heterocycles. The Bertz CT molecular complexity index is 499. The lowest BCUT2D eigenvalue weighted by molar-refractivity contribution is 0.157. The largest absolute Gasteiger partial charge is 0.396 e. The van der Waals surface area contributed by atoms with Crippen LogP contribution in [0.2, 0.25) is 0 Å². The molecule has 1 heterocycles. The molecule has 1 aromatic heterocycles. The molecule has 116 valence electrons.